The molecule has 1 N–H and O–H groups in total. The fourth-order valence-corrected chi connectivity index (χ4v) is 1.24. The first kappa shape index (κ1) is 11.6. The number of esters is 1. The van der Waals surface area contributed by atoms with E-state index in [1.165, 1.54) is 0 Å². The molecule has 1 aromatic heterocycles. The van der Waals surface area contributed by atoms with Crippen LogP contribution in [0.15, 0.2) is 10.9 Å². The second-order valence-electron chi connectivity index (χ2n) is 2.57. The lowest BCUT2D eigenvalue weighted by Gasteiger charge is -2.04. The molecule has 0 unspecified atom stereocenters. The van der Waals surface area contributed by atoms with Gasteiger partial charge in [0.15, 0.2) is 0 Å². The Labute approximate surface area is 87.8 Å². The minimum absolute atomic E-state index is 0.267. The SMILES string of the molecule is COC(=O)c1cc(Cl)c(C(F)F)c(=O)[nH]1. The zero-order valence-corrected chi connectivity index (χ0v) is 8.27. The van der Waals surface area contributed by atoms with Crippen molar-refractivity contribution in [2.24, 2.45) is 0 Å². The summed E-state index contributed by atoms with van der Waals surface area (Å²) in [5.74, 6) is -0.852. The Hall–Kier alpha value is -1.43. The summed E-state index contributed by atoms with van der Waals surface area (Å²) in [6.07, 6.45) is -2.99. The molecule has 0 aliphatic heterocycles. The predicted octanol–water partition coefficient (Wildman–Crippen LogP) is 1.75. The third-order valence-corrected chi connectivity index (χ3v) is 1.96. The molecule has 0 fully saturated rings. The Morgan fingerprint density at radius 3 is 2.60 bits per heavy atom. The molecule has 1 heterocycles. The van der Waals surface area contributed by atoms with E-state index in [4.69, 9.17) is 11.6 Å². The highest BCUT2D eigenvalue weighted by atomic mass is 35.5. The van der Waals surface area contributed by atoms with Gasteiger partial charge in [-0.1, -0.05) is 11.6 Å². The zero-order chi connectivity index (χ0) is 11.6. The summed E-state index contributed by atoms with van der Waals surface area (Å²) in [4.78, 5) is 24.0. The van der Waals surface area contributed by atoms with E-state index in [1.54, 1.807) is 0 Å². The molecule has 0 spiro atoms. The summed E-state index contributed by atoms with van der Waals surface area (Å²) >= 11 is 5.42. The van der Waals surface area contributed by atoms with Crippen molar-refractivity contribution in [1.29, 1.82) is 0 Å². The van der Waals surface area contributed by atoms with Gasteiger partial charge < -0.3 is 9.72 Å². The minimum Gasteiger partial charge on any atom is -0.464 e. The highest BCUT2D eigenvalue weighted by molar-refractivity contribution is 6.31. The van der Waals surface area contributed by atoms with E-state index in [-0.39, 0.29) is 5.69 Å². The number of halogens is 3. The van der Waals surface area contributed by atoms with Crippen LogP contribution in [0.5, 0.6) is 0 Å². The van der Waals surface area contributed by atoms with E-state index in [1.807, 2.05) is 4.98 Å². The number of hydrogen-bond donors (Lipinski definition) is 1. The summed E-state index contributed by atoms with van der Waals surface area (Å²) < 4.78 is 28.9. The summed E-state index contributed by atoms with van der Waals surface area (Å²) in [7, 11) is 1.09. The van der Waals surface area contributed by atoms with E-state index >= 15 is 0 Å². The van der Waals surface area contributed by atoms with Gasteiger partial charge >= 0.3 is 5.97 Å². The Morgan fingerprint density at radius 2 is 2.20 bits per heavy atom. The molecular formula is C8H6ClF2NO3. The number of carbonyl (C=O) groups is 1. The predicted molar refractivity (Wildman–Crippen MR) is 48.4 cm³/mol. The van der Waals surface area contributed by atoms with E-state index in [2.05, 4.69) is 4.74 Å². The molecule has 82 valence electrons. The first-order valence-corrected chi connectivity index (χ1v) is 4.14. The normalized spacial score (nSPS) is 10.5. The smallest absolute Gasteiger partial charge is 0.354 e. The number of ether oxygens (including phenoxy) is 1. The van der Waals surface area contributed by atoms with Gasteiger partial charge in [0.25, 0.3) is 12.0 Å². The Balaban J connectivity index is 3.32. The van der Waals surface area contributed by atoms with Gasteiger partial charge in [0.05, 0.1) is 12.1 Å². The van der Waals surface area contributed by atoms with Crippen LogP contribution in [0.25, 0.3) is 0 Å². The topological polar surface area (TPSA) is 59.2 Å². The molecule has 0 radical (unpaired) electrons. The average Bonchev–Trinajstić information content (AvgIpc) is 2.14. The molecule has 4 nitrogen and oxygen atoms in total. The van der Waals surface area contributed by atoms with Crippen LogP contribution in [0.3, 0.4) is 0 Å². The summed E-state index contributed by atoms with van der Waals surface area (Å²) in [5.41, 5.74) is -2.22. The molecule has 0 saturated carbocycles. The lowest BCUT2D eigenvalue weighted by Crippen LogP contribution is -2.18. The molecule has 0 aromatic carbocycles. The number of carbonyl (C=O) groups excluding carboxylic acids is 1. The molecule has 1 rings (SSSR count). The van der Waals surface area contributed by atoms with Crippen molar-refractivity contribution in [2.45, 2.75) is 6.43 Å². The van der Waals surface area contributed by atoms with E-state index in [0.717, 1.165) is 13.2 Å². The number of aromatic amines is 1. The highest BCUT2D eigenvalue weighted by Gasteiger charge is 2.19. The van der Waals surface area contributed by atoms with Gasteiger partial charge in [-0.15, -0.1) is 0 Å². The van der Waals surface area contributed by atoms with Gasteiger partial charge in [0, 0.05) is 0 Å². The lowest BCUT2D eigenvalue weighted by molar-refractivity contribution is 0.0593. The summed E-state index contributed by atoms with van der Waals surface area (Å²) in [6, 6.07) is 0.927. The molecule has 0 aliphatic rings. The van der Waals surface area contributed by atoms with Gasteiger partial charge in [-0.2, -0.15) is 0 Å². The van der Waals surface area contributed by atoms with Crippen molar-refractivity contribution in [3.05, 3.63) is 32.7 Å². The lowest BCUT2D eigenvalue weighted by atomic mass is 10.2. The van der Waals surface area contributed by atoms with Crippen LogP contribution in [0.2, 0.25) is 5.02 Å². The molecule has 7 heteroatoms. The Kier molecular flexibility index (Phi) is 3.41. The second kappa shape index (κ2) is 4.39. The molecule has 0 bridgehead atoms. The van der Waals surface area contributed by atoms with Gasteiger partial charge in [0.2, 0.25) is 0 Å². The monoisotopic (exact) mass is 237 g/mol. The van der Waals surface area contributed by atoms with Crippen molar-refractivity contribution in [1.82, 2.24) is 4.98 Å². The van der Waals surface area contributed by atoms with Crippen LogP contribution in [-0.2, 0) is 4.74 Å². The number of methoxy groups -OCH3 is 1. The fraction of sp³-hybridized carbons (Fsp3) is 0.250. The van der Waals surface area contributed by atoms with Crippen LogP contribution < -0.4 is 5.56 Å². The first-order chi connectivity index (χ1) is 6.97. The number of H-pyrrole nitrogens is 1. The van der Waals surface area contributed by atoms with E-state index in [9.17, 15) is 18.4 Å². The number of pyridine rings is 1. The van der Waals surface area contributed by atoms with Crippen molar-refractivity contribution < 1.29 is 18.3 Å². The maximum absolute atomic E-state index is 12.3. The minimum atomic E-state index is -2.99. The van der Waals surface area contributed by atoms with Gasteiger partial charge in [-0.05, 0) is 6.07 Å². The maximum atomic E-state index is 12.3. The van der Waals surface area contributed by atoms with Crippen LogP contribution in [-0.4, -0.2) is 18.1 Å². The number of rotatable bonds is 2. The molecule has 15 heavy (non-hydrogen) atoms. The second-order valence-corrected chi connectivity index (χ2v) is 2.97. The summed E-state index contributed by atoms with van der Waals surface area (Å²) in [5, 5.41) is -0.464. The third-order valence-electron chi connectivity index (χ3n) is 1.64. The average molecular weight is 238 g/mol. The molecule has 0 atom stereocenters. The molecule has 0 saturated heterocycles. The van der Waals surface area contributed by atoms with Crippen LogP contribution >= 0.6 is 11.6 Å². The Bertz CT molecular complexity index is 444. The van der Waals surface area contributed by atoms with E-state index in [0.29, 0.717) is 0 Å². The Morgan fingerprint density at radius 1 is 1.60 bits per heavy atom. The van der Waals surface area contributed by atoms with Gasteiger partial charge in [0.1, 0.15) is 11.3 Å². The molecular weight excluding hydrogens is 232 g/mol. The maximum Gasteiger partial charge on any atom is 0.354 e. The molecule has 0 amide bonds. The molecule has 1 aromatic rings. The van der Waals surface area contributed by atoms with Crippen molar-refractivity contribution in [2.75, 3.05) is 7.11 Å². The van der Waals surface area contributed by atoms with Crippen molar-refractivity contribution in [3.8, 4) is 0 Å². The first-order valence-electron chi connectivity index (χ1n) is 3.76. The van der Waals surface area contributed by atoms with Gasteiger partial charge in [-0.3, -0.25) is 4.79 Å². The number of aromatic nitrogens is 1. The van der Waals surface area contributed by atoms with Crippen LogP contribution in [0, 0.1) is 0 Å². The summed E-state index contributed by atoms with van der Waals surface area (Å²) in [6.45, 7) is 0. The van der Waals surface area contributed by atoms with Crippen LogP contribution in [0.4, 0.5) is 8.78 Å². The van der Waals surface area contributed by atoms with Gasteiger partial charge in [-0.25, -0.2) is 13.6 Å². The highest BCUT2D eigenvalue weighted by Crippen LogP contribution is 2.23. The number of nitrogens with one attached hydrogen (secondary N) is 1. The zero-order valence-electron chi connectivity index (χ0n) is 7.51. The third kappa shape index (κ3) is 2.33. The van der Waals surface area contributed by atoms with Crippen molar-refractivity contribution in [3.63, 3.8) is 0 Å². The standard InChI is InChI=1S/C8H6ClF2NO3/c1-15-8(14)4-2-3(9)5(6(10)11)7(13)12-4/h2,6H,1H3,(H,12,13). The molecule has 0 aliphatic carbocycles. The number of alkyl halides is 2. The van der Waals surface area contributed by atoms with E-state index < -0.39 is 28.5 Å². The largest absolute Gasteiger partial charge is 0.464 e. The fourth-order valence-electron chi connectivity index (χ4n) is 0.962. The quantitative estimate of drug-likeness (QED) is 0.798. The number of hydrogen-bond acceptors (Lipinski definition) is 3. The van der Waals surface area contributed by atoms with Crippen LogP contribution in [0.1, 0.15) is 22.5 Å². The van der Waals surface area contributed by atoms with Crippen molar-refractivity contribution >= 4 is 17.6 Å².